The van der Waals surface area contributed by atoms with Crippen molar-refractivity contribution in [3.8, 4) is 0 Å². The molecule has 130 valence electrons. The molecule has 7 heteroatoms. The molecule has 0 aliphatic heterocycles. The quantitative estimate of drug-likeness (QED) is 0.717. The molecule has 3 aromatic rings. The summed E-state index contributed by atoms with van der Waals surface area (Å²) in [6, 6.07) is 9.55. The molecule has 1 aliphatic carbocycles. The molecule has 2 N–H and O–H groups in total. The van der Waals surface area contributed by atoms with Gasteiger partial charge in [0.15, 0.2) is 5.65 Å². The number of halogens is 1. The maximum atomic E-state index is 13.0. The molecule has 0 saturated heterocycles. The van der Waals surface area contributed by atoms with Gasteiger partial charge in [-0.15, -0.1) is 0 Å². The van der Waals surface area contributed by atoms with Crippen LogP contribution in [-0.2, 0) is 6.54 Å². The van der Waals surface area contributed by atoms with Crippen LogP contribution < -0.4 is 5.56 Å². The SMILES string of the molecule is O=c1cc(CN(CC(O)c2ccc(F)cc2)C2CC2)nc2cc[nH]n12. The highest BCUT2D eigenvalue weighted by atomic mass is 19.1. The minimum absolute atomic E-state index is 0.153. The fourth-order valence-electron chi connectivity index (χ4n) is 3.06. The topological polar surface area (TPSA) is 73.6 Å². The summed E-state index contributed by atoms with van der Waals surface area (Å²) >= 11 is 0. The van der Waals surface area contributed by atoms with E-state index in [1.807, 2.05) is 0 Å². The Balaban J connectivity index is 1.52. The average molecular weight is 342 g/mol. The number of benzene rings is 1. The third-order valence-electron chi connectivity index (χ3n) is 4.52. The van der Waals surface area contributed by atoms with Crippen LogP contribution in [0.4, 0.5) is 4.39 Å². The molecule has 1 atom stereocenters. The van der Waals surface area contributed by atoms with Crippen LogP contribution in [-0.4, -0.2) is 37.2 Å². The van der Waals surface area contributed by atoms with Gasteiger partial charge in [-0.25, -0.2) is 13.9 Å². The molecular weight excluding hydrogens is 323 g/mol. The zero-order valence-electron chi connectivity index (χ0n) is 13.6. The number of hydrogen-bond donors (Lipinski definition) is 2. The Labute approximate surface area is 143 Å². The Hall–Kier alpha value is -2.51. The highest BCUT2D eigenvalue weighted by molar-refractivity contribution is 5.36. The Morgan fingerprint density at radius 1 is 1.32 bits per heavy atom. The third-order valence-corrected chi connectivity index (χ3v) is 4.52. The summed E-state index contributed by atoms with van der Waals surface area (Å²) in [6.07, 6.45) is 3.10. The van der Waals surface area contributed by atoms with Crippen LogP contribution in [0, 0.1) is 5.82 Å². The lowest BCUT2D eigenvalue weighted by Crippen LogP contribution is -2.31. The third kappa shape index (κ3) is 3.47. The van der Waals surface area contributed by atoms with E-state index in [9.17, 15) is 14.3 Å². The Kier molecular flexibility index (Phi) is 4.10. The van der Waals surface area contributed by atoms with E-state index < -0.39 is 6.10 Å². The molecule has 0 spiro atoms. The van der Waals surface area contributed by atoms with Crippen LogP contribution in [0.15, 0.2) is 47.4 Å². The molecule has 2 heterocycles. The summed E-state index contributed by atoms with van der Waals surface area (Å²) < 4.78 is 14.4. The second-order valence-corrected chi connectivity index (χ2v) is 6.47. The van der Waals surface area contributed by atoms with E-state index in [0.717, 1.165) is 12.8 Å². The van der Waals surface area contributed by atoms with Crippen LogP contribution in [0.3, 0.4) is 0 Å². The van der Waals surface area contributed by atoms with Crippen LogP contribution >= 0.6 is 0 Å². The molecule has 1 fully saturated rings. The first-order valence-corrected chi connectivity index (χ1v) is 8.34. The van der Waals surface area contributed by atoms with Crippen molar-refractivity contribution in [1.82, 2.24) is 19.5 Å². The van der Waals surface area contributed by atoms with Crippen molar-refractivity contribution in [2.75, 3.05) is 6.54 Å². The molecule has 2 aromatic heterocycles. The number of fused-ring (bicyclic) bond motifs is 1. The molecule has 0 amide bonds. The minimum Gasteiger partial charge on any atom is -0.387 e. The van der Waals surface area contributed by atoms with Gasteiger partial charge < -0.3 is 5.11 Å². The molecule has 1 unspecified atom stereocenters. The number of rotatable bonds is 6. The lowest BCUT2D eigenvalue weighted by Gasteiger charge is -2.24. The standard InChI is InChI=1S/C18H19FN4O2/c19-13-3-1-12(2-4-13)16(24)11-22(15-5-6-15)10-14-9-18(25)23-17(21-14)7-8-20-23/h1-4,7-9,15-16,20,24H,5-6,10-11H2. The number of H-pyrrole nitrogens is 1. The lowest BCUT2D eigenvalue weighted by atomic mass is 10.1. The van der Waals surface area contributed by atoms with Gasteiger partial charge in [-0.1, -0.05) is 12.1 Å². The van der Waals surface area contributed by atoms with Crippen LogP contribution in [0.1, 0.15) is 30.2 Å². The van der Waals surface area contributed by atoms with Crippen LogP contribution in [0.2, 0.25) is 0 Å². The number of aliphatic hydroxyl groups excluding tert-OH is 1. The first-order chi connectivity index (χ1) is 12.1. The highest BCUT2D eigenvalue weighted by Gasteiger charge is 2.31. The van der Waals surface area contributed by atoms with Gasteiger partial charge in [-0.05, 0) is 30.5 Å². The smallest absolute Gasteiger partial charge is 0.272 e. The van der Waals surface area contributed by atoms with E-state index in [1.54, 1.807) is 24.4 Å². The summed E-state index contributed by atoms with van der Waals surface area (Å²) in [6.45, 7) is 0.921. The minimum atomic E-state index is -0.710. The van der Waals surface area contributed by atoms with Gasteiger partial charge in [-0.3, -0.25) is 14.8 Å². The number of aliphatic hydroxyl groups is 1. The van der Waals surface area contributed by atoms with Crippen LogP contribution in [0.25, 0.3) is 5.65 Å². The van der Waals surface area contributed by atoms with Gasteiger partial charge in [0.05, 0.1) is 11.8 Å². The van der Waals surface area contributed by atoms with Crippen LogP contribution in [0.5, 0.6) is 0 Å². The van der Waals surface area contributed by atoms with Gasteiger partial charge >= 0.3 is 0 Å². The predicted molar refractivity (Wildman–Crippen MR) is 90.6 cm³/mol. The van der Waals surface area contributed by atoms with Gasteiger partial charge in [0.1, 0.15) is 5.82 Å². The number of nitrogens with zero attached hydrogens (tertiary/aromatic N) is 3. The highest BCUT2D eigenvalue weighted by Crippen LogP contribution is 2.30. The largest absolute Gasteiger partial charge is 0.387 e. The van der Waals surface area contributed by atoms with Gasteiger partial charge in [-0.2, -0.15) is 0 Å². The number of hydrogen-bond acceptors (Lipinski definition) is 4. The molecule has 4 rings (SSSR count). The molecule has 1 aromatic carbocycles. The van der Waals surface area contributed by atoms with E-state index in [-0.39, 0.29) is 11.4 Å². The summed E-state index contributed by atoms with van der Waals surface area (Å²) in [5, 5.41) is 13.3. The Morgan fingerprint density at radius 2 is 2.08 bits per heavy atom. The second-order valence-electron chi connectivity index (χ2n) is 6.47. The average Bonchev–Trinajstić information content (AvgIpc) is 3.33. The Bertz CT molecular complexity index is 930. The fourth-order valence-corrected chi connectivity index (χ4v) is 3.06. The zero-order valence-corrected chi connectivity index (χ0v) is 13.6. The second kappa shape index (κ2) is 6.42. The zero-order chi connectivity index (χ0) is 17.4. The molecule has 0 radical (unpaired) electrons. The maximum absolute atomic E-state index is 13.0. The first kappa shape index (κ1) is 16.0. The van der Waals surface area contributed by atoms with E-state index in [1.165, 1.54) is 22.7 Å². The molecule has 0 bridgehead atoms. The molecular formula is C18H19FN4O2. The monoisotopic (exact) mass is 342 g/mol. The van der Waals surface area contributed by atoms with E-state index >= 15 is 0 Å². The summed E-state index contributed by atoms with van der Waals surface area (Å²) in [5.41, 5.74) is 1.79. The number of nitrogens with one attached hydrogen (secondary N) is 1. The fraction of sp³-hybridized carbons (Fsp3) is 0.333. The van der Waals surface area contributed by atoms with Crippen molar-refractivity contribution in [3.05, 3.63) is 70.0 Å². The van der Waals surface area contributed by atoms with Crippen molar-refractivity contribution >= 4 is 5.65 Å². The normalized spacial score (nSPS) is 15.8. The molecule has 1 aliphatic rings. The van der Waals surface area contributed by atoms with Crippen molar-refractivity contribution in [2.45, 2.75) is 31.5 Å². The molecule has 1 saturated carbocycles. The molecule has 25 heavy (non-hydrogen) atoms. The van der Waals surface area contributed by atoms with E-state index in [4.69, 9.17) is 0 Å². The van der Waals surface area contributed by atoms with Crippen molar-refractivity contribution in [2.24, 2.45) is 0 Å². The summed E-state index contributed by atoms with van der Waals surface area (Å²) in [5.74, 6) is -0.320. The predicted octanol–water partition coefficient (Wildman–Crippen LogP) is 1.86. The van der Waals surface area contributed by atoms with Gasteiger partial charge in [0.25, 0.3) is 5.56 Å². The molecule has 6 nitrogen and oxygen atoms in total. The Morgan fingerprint density at radius 3 is 2.80 bits per heavy atom. The van der Waals surface area contributed by atoms with Crippen molar-refractivity contribution in [1.29, 1.82) is 0 Å². The number of aromatic nitrogens is 3. The van der Waals surface area contributed by atoms with E-state index in [0.29, 0.717) is 36.0 Å². The van der Waals surface area contributed by atoms with Crippen molar-refractivity contribution < 1.29 is 9.50 Å². The van der Waals surface area contributed by atoms with Gasteiger partial charge in [0, 0.05) is 37.5 Å². The summed E-state index contributed by atoms with van der Waals surface area (Å²) in [4.78, 5) is 18.7. The lowest BCUT2D eigenvalue weighted by molar-refractivity contribution is 0.104. The van der Waals surface area contributed by atoms with Crippen molar-refractivity contribution in [3.63, 3.8) is 0 Å². The maximum Gasteiger partial charge on any atom is 0.272 e. The number of aromatic amines is 1. The first-order valence-electron chi connectivity index (χ1n) is 8.34. The van der Waals surface area contributed by atoms with Gasteiger partial charge in [0.2, 0.25) is 0 Å². The van der Waals surface area contributed by atoms with E-state index in [2.05, 4.69) is 15.0 Å². The summed E-state index contributed by atoms with van der Waals surface area (Å²) in [7, 11) is 0.